The largest absolute Gasteiger partial charge is 0.366 e. The molecule has 1 aliphatic heterocycles. The maximum absolute atomic E-state index is 12.6. The molecule has 0 radical (unpaired) electrons. The number of nitrogens with zero attached hydrogens (tertiary/aromatic N) is 1. The van der Waals surface area contributed by atoms with Crippen LogP contribution in [-0.2, 0) is 13.0 Å². The first kappa shape index (κ1) is 13.4. The van der Waals surface area contributed by atoms with Crippen LogP contribution in [0.15, 0.2) is 48.5 Å². The van der Waals surface area contributed by atoms with Crippen LogP contribution in [0.5, 0.6) is 0 Å². The first-order chi connectivity index (χ1) is 10.1. The molecule has 4 nitrogen and oxygen atoms in total. The van der Waals surface area contributed by atoms with E-state index >= 15 is 0 Å². The standard InChI is InChI=1S/C17H16N2O2/c18-16(20)13-6-3-7-14(10-13)17(21)19-9-8-12-4-1-2-5-15(12)11-19/h1-7,10H,8-9,11H2,(H2,18,20). The Kier molecular flexibility index (Phi) is 3.44. The normalized spacial score (nSPS) is 13.6. The fraction of sp³-hybridized carbons (Fsp3) is 0.176. The molecule has 106 valence electrons. The van der Waals surface area contributed by atoms with Crippen molar-refractivity contribution in [1.82, 2.24) is 4.90 Å². The molecular weight excluding hydrogens is 264 g/mol. The van der Waals surface area contributed by atoms with Crippen LogP contribution in [0.1, 0.15) is 31.8 Å². The van der Waals surface area contributed by atoms with Crippen molar-refractivity contribution in [3.05, 3.63) is 70.8 Å². The predicted octanol–water partition coefficient (Wildman–Crippen LogP) is 1.98. The summed E-state index contributed by atoms with van der Waals surface area (Å²) >= 11 is 0. The number of nitrogens with two attached hydrogens (primary N) is 1. The third kappa shape index (κ3) is 2.65. The molecule has 4 heteroatoms. The van der Waals surface area contributed by atoms with E-state index in [0.29, 0.717) is 24.2 Å². The molecule has 2 amide bonds. The van der Waals surface area contributed by atoms with Crippen LogP contribution < -0.4 is 5.73 Å². The lowest BCUT2D eigenvalue weighted by molar-refractivity contribution is 0.0734. The quantitative estimate of drug-likeness (QED) is 0.914. The van der Waals surface area contributed by atoms with Gasteiger partial charge in [-0.25, -0.2) is 0 Å². The van der Waals surface area contributed by atoms with Gasteiger partial charge < -0.3 is 10.6 Å². The second-order valence-electron chi connectivity index (χ2n) is 5.19. The molecule has 2 aromatic carbocycles. The molecule has 2 N–H and O–H groups in total. The van der Waals surface area contributed by atoms with Crippen LogP contribution in [0.2, 0.25) is 0 Å². The van der Waals surface area contributed by atoms with Crippen LogP contribution in [0.3, 0.4) is 0 Å². The van der Waals surface area contributed by atoms with Gasteiger partial charge in [-0.05, 0) is 35.7 Å². The molecule has 0 fully saturated rings. The molecule has 0 saturated heterocycles. The Bertz CT molecular complexity index is 709. The van der Waals surface area contributed by atoms with Crippen molar-refractivity contribution < 1.29 is 9.59 Å². The second-order valence-corrected chi connectivity index (χ2v) is 5.19. The molecule has 1 aliphatic rings. The zero-order valence-electron chi connectivity index (χ0n) is 11.6. The number of benzene rings is 2. The molecule has 0 aliphatic carbocycles. The number of rotatable bonds is 2. The lowest BCUT2D eigenvalue weighted by Gasteiger charge is -2.29. The average molecular weight is 280 g/mol. The Morgan fingerprint density at radius 3 is 2.43 bits per heavy atom. The molecule has 2 aromatic rings. The van der Waals surface area contributed by atoms with Crippen LogP contribution in [0.4, 0.5) is 0 Å². The zero-order valence-corrected chi connectivity index (χ0v) is 11.6. The Morgan fingerprint density at radius 2 is 1.67 bits per heavy atom. The molecule has 0 bridgehead atoms. The Labute approximate surface area is 123 Å². The summed E-state index contributed by atoms with van der Waals surface area (Å²) in [5.41, 5.74) is 8.61. The van der Waals surface area contributed by atoms with Gasteiger partial charge in [0.1, 0.15) is 0 Å². The van der Waals surface area contributed by atoms with Crippen molar-refractivity contribution >= 4 is 11.8 Å². The predicted molar refractivity (Wildman–Crippen MR) is 79.8 cm³/mol. The second kappa shape index (κ2) is 5.40. The van der Waals surface area contributed by atoms with E-state index < -0.39 is 5.91 Å². The van der Waals surface area contributed by atoms with Crippen LogP contribution in [0.25, 0.3) is 0 Å². The molecular formula is C17H16N2O2. The SMILES string of the molecule is NC(=O)c1cccc(C(=O)N2CCc3ccccc3C2)c1. The van der Waals surface area contributed by atoms with Crippen molar-refractivity contribution in [1.29, 1.82) is 0 Å². The van der Waals surface area contributed by atoms with E-state index in [1.54, 1.807) is 24.3 Å². The topological polar surface area (TPSA) is 63.4 Å². The van der Waals surface area contributed by atoms with Crippen LogP contribution >= 0.6 is 0 Å². The van der Waals surface area contributed by atoms with Crippen molar-refractivity contribution in [2.24, 2.45) is 5.73 Å². The molecule has 21 heavy (non-hydrogen) atoms. The van der Waals surface area contributed by atoms with Gasteiger partial charge in [0.2, 0.25) is 5.91 Å². The minimum atomic E-state index is -0.520. The molecule has 1 heterocycles. The van der Waals surface area contributed by atoms with Gasteiger partial charge >= 0.3 is 0 Å². The average Bonchev–Trinajstić information content (AvgIpc) is 2.53. The van der Waals surface area contributed by atoms with E-state index in [9.17, 15) is 9.59 Å². The van der Waals surface area contributed by atoms with Crippen LogP contribution in [-0.4, -0.2) is 23.3 Å². The highest BCUT2D eigenvalue weighted by molar-refractivity contribution is 5.99. The van der Waals surface area contributed by atoms with E-state index in [0.717, 1.165) is 6.42 Å². The van der Waals surface area contributed by atoms with Gasteiger partial charge in [0.05, 0.1) is 0 Å². The fourth-order valence-electron chi connectivity index (χ4n) is 2.66. The highest BCUT2D eigenvalue weighted by atomic mass is 16.2. The third-order valence-corrected chi connectivity index (χ3v) is 3.81. The minimum absolute atomic E-state index is 0.0624. The minimum Gasteiger partial charge on any atom is -0.366 e. The van der Waals surface area contributed by atoms with Gasteiger partial charge in [-0.15, -0.1) is 0 Å². The summed E-state index contributed by atoms with van der Waals surface area (Å²) in [7, 11) is 0. The molecule has 0 aromatic heterocycles. The van der Waals surface area contributed by atoms with Gasteiger partial charge in [0, 0.05) is 24.2 Å². The van der Waals surface area contributed by atoms with E-state index in [4.69, 9.17) is 5.73 Å². The molecule has 0 unspecified atom stereocenters. The summed E-state index contributed by atoms with van der Waals surface area (Å²) in [6, 6.07) is 14.7. The van der Waals surface area contributed by atoms with Gasteiger partial charge in [-0.1, -0.05) is 30.3 Å². The fourth-order valence-corrected chi connectivity index (χ4v) is 2.66. The maximum atomic E-state index is 12.6. The molecule has 0 saturated carbocycles. The Morgan fingerprint density at radius 1 is 0.952 bits per heavy atom. The van der Waals surface area contributed by atoms with Crippen molar-refractivity contribution in [3.63, 3.8) is 0 Å². The number of primary amides is 1. The highest BCUT2D eigenvalue weighted by Gasteiger charge is 2.21. The third-order valence-electron chi connectivity index (χ3n) is 3.81. The first-order valence-corrected chi connectivity index (χ1v) is 6.91. The van der Waals surface area contributed by atoms with E-state index in [2.05, 4.69) is 12.1 Å². The number of hydrogen-bond donors (Lipinski definition) is 1. The van der Waals surface area contributed by atoms with Gasteiger partial charge in [0.25, 0.3) is 5.91 Å². The summed E-state index contributed by atoms with van der Waals surface area (Å²) < 4.78 is 0. The number of carbonyl (C=O) groups excluding carboxylic acids is 2. The van der Waals surface area contributed by atoms with Gasteiger partial charge in [-0.3, -0.25) is 9.59 Å². The molecule has 3 rings (SSSR count). The van der Waals surface area contributed by atoms with Crippen LogP contribution in [0, 0.1) is 0 Å². The summed E-state index contributed by atoms with van der Waals surface area (Å²) in [5.74, 6) is -0.582. The monoisotopic (exact) mass is 280 g/mol. The first-order valence-electron chi connectivity index (χ1n) is 6.91. The summed E-state index contributed by atoms with van der Waals surface area (Å²) in [6.45, 7) is 1.30. The lowest BCUT2D eigenvalue weighted by atomic mass is 9.99. The number of hydrogen-bond acceptors (Lipinski definition) is 2. The van der Waals surface area contributed by atoms with E-state index in [1.165, 1.54) is 11.1 Å². The number of fused-ring (bicyclic) bond motifs is 1. The zero-order chi connectivity index (χ0) is 14.8. The number of carbonyl (C=O) groups is 2. The Balaban J connectivity index is 1.84. The van der Waals surface area contributed by atoms with Gasteiger partial charge in [-0.2, -0.15) is 0 Å². The summed E-state index contributed by atoms with van der Waals surface area (Å²) in [4.78, 5) is 25.6. The highest BCUT2D eigenvalue weighted by Crippen LogP contribution is 2.20. The smallest absolute Gasteiger partial charge is 0.254 e. The Hall–Kier alpha value is -2.62. The summed E-state index contributed by atoms with van der Waals surface area (Å²) in [6.07, 6.45) is 0.859. The maximum Gasteiger partial charge on any atom is 0.254 e. The molecule has 0 atom stereocenters. The lowest BCUT2D eigenvalue weighted by Crippen LogP contribution is -2.36. The van der Waals surface area contributed by atoms with Gasteiger partial charge in [0.15, 0.2) is 0 Å². The van der Waals surface area contributed by atoms with E-state index in [1.807, 2.05) is 17.0 Å². The van der Waals surface area contributed by atoms with E-state index in [-0.39, 0.29) is 5.91 Å². The van der Waals surface area contributed by atoms with Crippen molar-refractivity contribution in [3.8, 4) is 0 Å². The summed E-state index contributed by atoms with van der Waals surface area (Å²) in [5, 5.41) is 0. The van der Waals surface area contributed by atoms with Crippen molar-refractivity contribution in [2.75, 3.05) is 6.54 Å². The molecule has 0 spiro atoms. The van der Waals surface area contributed by atoms with Crippen molar-refractivity contribution in [2.45, 2.75) is 13.0 Å². The number of amides is 2.